The topological polar surface area (TPSA) is 100 Å². The van der Waals surface area contributed by atoms with Gasteiger partial charge in [0.2, 0.25) is 5.91 Å². The Balaban J connectivity index is 1.69. The van der Waals surface area contributed by atoms with Gasteiger partial charge in [-0.05, 0) is 60.9 Å². The molecule has 2 N–H and O–H groups in total. The molecule has 2 amide bonds. The van der Waals surface area contributed by atoms with Crippen molar-refractivity contribution in [3.63, 3.8) is 0 Å². The molecule has 3 aliphatic rings. The molecule has 1 saturated carbocycles. The Hall–Kier alpha value is -3.71. The molecule has 0 saturated heterocycles. The first-order valence-corrected chi connectivity index (χ1v) is 11.4. The molecule has 0 aromatic heterocycles. The molecule has 2 aromatic rings. The highest BCUT2D eigenvalue weighted by Crippen LogP contribution is 2.35. The Morgan fingerprint density at radius 3 is 2.42 bits per heavy atom. The molecule has 0 radical (unpaired) electrons. The van der Waals surface area contributed by atoms with Crippen LogP contribution < -0.4 is 20.1 Å². The first kappa shape index (κ1) is 25.4. The highest BCUT2D eigenvalue weighted by atomic mass is 35.5. The van der Waals surface area contributed by atoms with E-state index in [9.17, 15) is 28.0 Å². The molecule has 2 bridgehead atoms. The lowest BCUT2D eigenvalue weighted by atomic mass is 10.0. The molecular formula is C25H21ClF3N3O4. The van der Waals surface area contributed by atoms with Gasteiger partial charge in [0.1, 0.15) is 36.3 Å². The fourth-order valence-electron chi connectivity index (χ4n) is 3.60. The third-order valence-electron chi connectivity index (χ3n) is 5.77. The van der Waals surface area contributed by atoms with Crippen LogP contribution >= 0.6 is 11.6 Å². The van der Waals surface area contributed by atoms with Gasteiger partial charge < -0.3 is 20.1 Å². The van der Waals surface area contributed by atoms with Crippen LogP contribution in [0.4, 0.5) is 13.2 Å². The van der Waals surface area contributed by atoms with E-state index >= 15 is 0 Å². The van der Waals surface area contributed by atoms with Gasteiger partial charge in [0.15, 0.2) is 0 Å². The number of benzene rings is 2. The Kier molecular flexibility index (Phi) is 7.13. The number of hydrogen-bond acceptors (Lipinski definition) is 5. The van der Waals surface area contributed by atoms with Crippen molar-refractivity contribution in [1.82, 2.24) is 10.6 Å². The molecule has 2 aromatic carbocycles. The second kappa shape index (κ2) is 10.1. The maximum atomic E-state index is 13.3. The summed E-state index contributed by atoms with van der Waals surface area (Å²) in [5.74, 6) is -1.30. The monoisotopic (exact) mass is 519 g/mol. The number of amides is 2. The fraction of sp³-hybridized carbons (Fsp3) is 0.320. The molecule has 1 unspecified atom stereocenters. The number of nitriles is 1. The van der Waals surface area contributed by atoms with E-state index < -0.39 is 35.1 Å². The summed E-state index contributed by atoms with van der Waals surface area (Å²) in [6.45, 7) is -0.00808. The largest absolute Gasteiger partial charge is 0.489 e. The van der Waals surface area contributed by atoms with Crippen molar-refractivity contribution in [3.8, 4) is 17.6 Å². The van der Waals surface area contributed by atoms with Gasteiger partial charge in [0, 0.05) is 6.42 Å². The minimum atomic E-state index is -4.64. The van der Waals surface area contributed by atoms with E-state index in [0.29, 0.717) is 29.2 Å². The van der Waals surface area contributed by atoms with Gasteiger partial charge in [-0.3, -0.25) is 9.59 Å². The summed E-state index contributed by atoms with van der Waals surface area (Å²) in [6.07, 6.45) is -0.528. The summed E-state index contributed by atoms with van der Waals surface area (Å²) in [7, 11) is 0. The van der Waals surface area contributed by atoms with Crippen LogP contribution in [0.15, 0.2) is 48.6 Å². The average molecular weight is 520 g/mol. The fourth-order valence-corrected chi connectivity index (χ4v) is 3.86. The molecule has 36 heavy (non-hydrogen) atoms. The van der Waals surface area contributed by atoms with Crippen molar-refractivity contribution < 1.29 is 32.2 Å². The SMILES string of the molecule is N#CC1(NC(=O)C2Cc3ccc(c(Cl)c3)OCC=CCOc3cc(C(F)(F)F)ccc3C(=O)N2)CC1. The van der Waals surface area contributed by atoms with Crippen molar-refractivity contribution in [2.24, 2.45) is 0 Å². The molecule has 1 fully saturated rings. The number of nitrogens with one attached hydrogen (secondary N) is 2. The molecule has 188 valence electrons. The summed E-state index contributed by atoms with van der Waals surface area (Å²) in [5.41, 5.74) is -1.54. The highest BCUT2D eigenvalue weighted by molar-refractivity contribution is 6.32. The third kappa shape index (κ3) is 5.91. The number of nitrogens with zero attached hydrogens (tertiary/aromatic N) is 1. The van der Waals surface area contributed by atoms with Crippen LogP contribution in [0.3, 0.4) is 0 Å². The zero-order valence-corrected chi connectivity index (χ0v) is 19.6. The number of carbonyl (C=O) groups excluding carboxylic acids is 2. The van der Waals surface area contributed by atoms with Gasteiger partial charge in [-0.15, -0.1) is 0 Å². The van der Waals surface area contributed by atoms with Gasteiger partial charge >= 0.3 is 6.18 Å². The van der Waals surface area contributed by atoms with Gasteiger partial charge in [0.05, 0.1) is 22.2 Å². The van der Waals surface area contributed by atoms with E-state index in [1.54, 1.807) is 24.3 Å². The zero-order chi connectivity index (χ0) is 25.9. The number of carbonyl (C=O) groups is 2. The Morgan fingerprint density at radius 2 is 1.81 bits per heavy atom. The average Bonchev–Trinajstić information content (AvgIpc) is 3.60. The standard InChI is InChI=1S/C25H21ClF3N3O4/c26-18-11-15-3-6-20(18)35-9-1-2-10-36-21-13-16(25(27,28)29)4-5-17(21)22(33)31-19(12-15)23(34)32-24(14-30)7-8-24/h1-6,11,13,19H,7-10,12H2,(H,31,33)(H,32,34). The molecule has 2 heterocycles. The van der Waals surface area contributed by atoms with Crippen LogP contribution in [0, 0.1) is 11.3 Å². The number of ether oxygens (including phenoxy) is 2. The van der Waals surface area contributed by atoms with E-state index in [2.05, 4.69) is 16.7 Å². The second-order valence-electron chi connectivity index (χ2n) is 8.48. The molecule has 1 aliphatic carbocycles. The molecule has 2 aliphatic heterocycles. The van der Waals surface area contributed by atoms with E-state index in [1.165, 1.54) is 6.08 Å². The molecule has 11 heteroatoms. The van der Waals surface area contributed by atoms with E-state index in [4.69, 9.17) is 21.1 Å². The van der Waals surface area contributed by atoms with Gasteiger partial charge in [0.25, 0.3) is 5.91 Å². The summed E-state index contributed by atoms with van der Waals surface area (Å²) in [6, 6.07) is 8.35. The van der Waals surface area contributed by atoms with Gasteiger partial charge in [-0.2, -0.15) is 18.4 Å². The zero-order valence-electron chi connectivity index (χ0n) is 18.8. The Bertz CT molecular complexity index is 1250. The Morgan fingerprint density at radius 1 is 1.11 bits per heavy atom. The summed E-state index contributed by atoms with van der Waals surface area (Å²) < 4.78 is 50.9. The first-order valence-electron chi connectivity index (χ1n) is 11.0. The molecule has 5 rings (SSSR count). The second-order valence-corrected chi connectivity index (χ2v) is 8.89. The van der Waals surface area contributed by atoms with Crippen LogP contribution in [0.2, 0.25) is 5.02 Å². The van der Waals surface area contributed by atoms with Gasteiger partial charge in [-0.25, -0.2) is 0 Å². The molecule has 0 spiro atoms. The first-order chi connectivity index (χ1) is 17.1. The number of halogens is 4. The minimum absolute atomic E-state index is 0.00973. The van der Waals surface area contributed by atoms with Crippen LogP contribution in [-0.4, -0.2) is 36.6 Å². The smallest absolute Gasteiger partial charge is 0.416 e. The lowest BCUT2D eigenvalue weighted by molar-refractivity contribution is -0.137. The number of rotatable bonds is 2. The number of fused-ring (bicyclic) bond motifs is 9. The summed E-state index contributed by atoms with van der Waals surface area (Å²) >= 11 is 6.31. The van der Waals surface area contributed by atoms with Crippen LogP contribution in [-0.2, 0) is 17.4 Å². The lowest BCUT2D eigenvalue weighted by Gasteiger charge is -2.22. The van der Waals surface area contributed by atoms with Crippen molar-refractivity contribution in [1.29, 1.82) is 5.26 Å². The normalized spacial score (nSPS) is 19.2. The van der Waals surface area contributed by atoms with Crippen molar-refractivity contribution in [3.05, 3.63) is 70.3 Å². The van der Waals surface area contributed by atoms with Crippen LogP contribution in [0.1, 0.15) is 34.3 Å². The van der Waals surface area contributed by atoms with E-state index in [0.717, 1.165) is 18.2 Å². The minimum Gasteiger partial charge on any atom is -0.489 e. The maximum absolute atomic E-state index is 13.3. The molecule has 7 nitrogen and oxygen atoms in total. The molecular weight excluding hydrogens is 499 g/mol. The van der Waals surface area contributed by atoms with Crippen LogP contribution in [0.5, 0.6) is 11.5 Å². The quantitative estimate of drug-likeness (QED) is 0.579. The summed E-state index contributed by atoms with van der Waals surface area (Å²) in [5, 5.41) is 14.9. The van der Waals surface area contributed by atoms with Gasteiger partial charge in [-0.1, -0.05) is 17.7 Å². The van der Waals surface area contributed by atoms with Crippen molar-refractivity contribution >= 4 is 23.4 Å². The number of hydrogen-bond donors (Lipinski definition) is 2. The number of alkyl halides is 3. The van der Waals surface area contributed by atoms with E-state index in [-0.39, 0.29) is 30.9 Å². The highest BCUT2D eigenvalue weighted by Gasteiger charge is 2.45. The maximum Gasteiger partial charge on any atom is 0.416 e. The third-order valence-corrected chi connectivity index (χ3v) is 6.07. The predicted octanol–water partition coefficient (Wildman–Crippen LogP) is 4.20. The van der Waals surface area contributed by atoms with E-state index in [1.807, 2.05) is 0 Å². The predicted molar refractivity (Wildman–Crippen MR) is 124 cm³/mol. The Labute approximate surface area is 209 Å². The van der Waals surface area contributed by atoms with Crippen molar-refractivity contribution in [2.75, 3.05) is 13.2 Å². The molecule has 1 atom stereocenters. The lowest BCUT2D eigenvalue weighted by Crippen LogP contribution is -2.51. The summed E-state index contributed by atoms with van der Waals surface area (Å²) in [4.78, 5) is 26.2. The van der Waals surface area contributed by atoms with Crippen LogP contribution in [0.25, 0.3) is 0 Å². The van der Waals surface area contributed by atoms with Crippen molar-refractivity contribution in [2.45, 2.75) is 37.0 Å².